The van der Waals surface area contributed by atoms with Crippen LogP contribution in [0.15, 0.2) is 54.2 Å². The minimum Gasteiger partial charge on any atom is -0.357 e. The Morgan fingerprint density at radius 1 is 0.952 bits per heavy atom. The molecule has 0 fully saturated rings. The molecule has 98 valence electrons. The van der Waals surface area contributed by atoms with Gasteiger partial charge in [0.1, 0.15) is 0 Å². The largest absolute Gasteiger partial charge is 0.357 e. The zero-order valence-electron chi connectivity index (χ0n) is 11.3. The van der Waals surface area contributed by atoms with Crippen molar-refractivity contribution in [3.8, 4) is 11.8 Å². The maximum atomic E-state index is 3.52. The number of nitrogens with one attached hydrogen (secondary N) is 2. The molecular formula is C19H12N2. The van der Waals surface area contributed by atoms with Crippen molar-refractivity contribution in [1.82, 2.24) is 4.98 Å². The molecule has 5 rings (SSSR count). The monoisotopic (exact) mass is 268 g/mol. The number of hydrogen-bond donors (Lipinski definition) is 2. The van der Waals surface area contributed by atoms with Crippen molar-refractivity contribution in [1.29, 1.82) is 0 Å². The first kappa shape index (κ1) is 10.8. The summed E-state index contributed by atoms with van der Waals surface area (Å²) in [5.74, 6) is 6.89. The third kappa shape index (κ3) is 1.43. The zero-order valence-corrected chi connectivity index (χ0v) is 11.3. The molecule has 1 unspecified atom stereocenters. The Morgan fingerprint density at radius 3 is 2.81 bits per heavy atom. The molecule has 21 heavy (non-hydrogen) atoms. The van der Waals surface area contributed by atoms with E-state index in [1.165, 1.54) is 27.9 Å². The SMILES string of the molecule is C1#CC2C(=Cc3c1[nH]c1ccccc31)Nc1ccccc12. The maximum Gasteiger partial charge on any atom is 0.0978 e. The minimum absolute atomic E-state index is 0.153. The van der Waals surface area contributed by atoms with Crippen molar-refractivity contribution in [3.63, 3.8) is 0 Å². The van der Waals surface area contributed by atoms with Crippen LogP contribution in [0, 0.1) is 11.8 Å². The summed E-state index contributed by atoms with van der Waals surface area (Å²) in [5, 5.41) is 4.75. The number of fused-ring (bicyclic) bond motifs is 6. The van der Waals surface area contributed by atoms with Crippen molar-refractivity contribution in [2.75, 3.05) is 5.32 Å². The van der Waals surface area contributed by atoms with Crippen molar-refractivity contribution < 1.29 is 0 Å². The van der Waals surface area contributed by atoms with Crippen molar-refractivity contribution in [3.05, 3.63) is 71.0 Å². The molecule has 1 atom stereocenters. The van der Waals surface area contributed by atoms with Crippen LogP contribution in [0.1, 0.15) is 22.7 Å². The van der Waals surface area contributed by atoms with Crippen molar-refractivity contribution in [2.45, 2.75) is 5.92 Å². The summed E-state index contributed by atoms with van der Waals surface area (Å²) in [4.78, 5) is 3.42. The van der Waals surface area contributed by atoms with Gasteiger partial charge in [0.25, 0.3) is 0 Å². The van der Waals surface area contributed by atoms with E-state index >= 15 is 0 Å². The average Bonchev–Trinajstić information content (AvgIpc) is 2.99. The Bertz CT molecular complexity index is 979. The summed E-state index contributed by atoms with van der Waals surface area (Å²) >= 11 is 0. The topological polar surface area (TPSA) is 27.8 Å². The lowest BCUT2D eigenvalue weighted by Crippen LogP contribution is -1.96. The Kier molecular flexibility index (Phi) is 1.96. The summed E-state index contributed by atoms with van der Waals surface area (Å²) in [6.07, 6.45) is 2.23. The number of para-hydroxylation sites is 2. The molecule has 1 aromatic heterocycles. The third-order valence-corrected chi connectivity index (χ3v) is 4.25. The van der Waals surface area contributed by atoms with Gasteiger partial charge in [0.15, 0.2) is 0 Å². The van der Waals surface area contributed by atoms with E-state index in [0.29, 0.717) is 0 Å². The number of hydrogen-bond acceptors (Lipinski definition) is 1. The molecule has 1 aliphatic heterocycles. The number of allylic oxidation sites excluding steroid dienone is 1. The molecule has 3 aromatic rings. The van der Waals surface area contributed by atoms with Crippen LogP contribution in [-0.2, 0) is 0 Å². The van der Waals surface area contributed by atoms with Gasteiger partial charge < -0.3 is 10.3 Å². The smallest absolute Gasteiger partial charge is 0.0978 e. The molecule has 0 spiro atoms. The molecule has 2 aromatic carbocycles. The quantitative estimate of drug-likeness (QED) is 0.591. The van der Waals surface area contributed by atoms with E-state index in [9.17, 15) is 0 Å². The summed E-state index contributed by atoms with van der Waals surface area (Å²) in [7, 11) is 0. The van der Waals surface area contributed by atoms with E-state index in [1.807, 2.05) is 6.07 Å². The van der Waals surface area contributed by atoms with Gasteiger partial charge in [-0.05, 0) is 29.7 Å². The van der Waals surface area contributed by atoms with Crippen LogP contribution in [0.25, 0.3) is 17.0 Å². The maximum absolute atomic E-state index is 3.52. The number of aromatic nitrogens is 1. The number of aromatic amines is 1. The van der Waals surface area contributed by atoms with E-state index in [1.54, 1.807) is 0 Å². The molecule has 0 bridgehead atoms. The van der Waals surface area contributed by atoms with Gasteiger partial charge in [-0.15, -0.1) is 0 Å². The predicted molar refractivity (Wildman–Crippen MR) is 86.0 cm³/mol. The molecule has 2 N–H and O–H groups in total. The molecule has 0 saturated heterocycles. The highest BCUT2D eigenvalue weighted by Gasteiger charge is 2.27. The summed E-state index contributed by atoms with van der Waals surface area (Å²) in [6, 6.07) is 16.8. The van der Waals surface area contributed by atoms with E-state index in [-0.39, 0.29) is 5.92 Å². The van der Waals surface area contributed by atoms with Crippen molar-refractivity contribution >= 4 is 22.7 Å². The first-order valence-electron chi connectivity index (χ1n) is 7.10. The van der Waals surface area contributed by atoms with Gasteiger partial charge in [-0.2, -0.15) is 0 Å². The first-order valence-corrected chi connectivity index (χ1v) is 7.10. The lowest BCUT2D eigenvalue weighted by Gasteiger charge is -2.03. The Hall–Kier alpha value is -2.92. The van der Waals surface area contributed by atoms with Crippen LogP contribution in [0.2, 0.25) is 0 Å². The molecule has 0 radical (unpaired) electrons. The number of H-pyrrole nitrogens is 1. The second kappa shape index (κ2) is 3.80. The second-order valence-electron chi connectivity index (χ2n) is 5.47. The van der Waals surface area contributed by atoms with Crippen LogP contribution in [0.3, 0.4) is 0 Å². The van der Waals surface area contributed by atoms with Crippen molar-refractivity contribution in [2.24, 2.45) is 0 Å². The standard InChI is InChI=1S/C19H12N2/c1-3-7-16-12(5-1)14-9-10-18-15(11-19(14)21-16)13-6-2-4-8-17(13)20-18/h1-8,11,14,20-21H. The van der Waals surface area contributed by atoms with E-state index in [4.69, 9.17) is 0 Å². The van der Waals surface area contributed by atoms with Crippen LogP contribution >= 0.6 is 0 Å². The van der Waals surface area contributed by atoms with Gasteiger partial charge in [0.2, 0.25) is 0 Å². The second-order valence-corrected chi connectivity index (χ2v) is 5.47. The van der Waals surface area contributed by atoms with E-state index in [0.717, 1.165) is 11.2 Å². The van der Waals surface area contributed by atoms with E-state index in [2.05, 4.69) is 70.7 Å². The zero-order chi connectivity index (χ0) is 13.8. The Balaban J connectivity index is 1.78. The highest BCUT2D eigenvalue weighted by atomic mass is 14.9. The summed E-state index contributed by atoms with van der Waals surface area (Å²) < 4.78 is 0. The number of rotatable bonds is 0. The molecule has 2 heterocycles. The summed E-state index contributed by atoms with van der Waals surface area (Å²) in [5.41, 5.74) is 6.96. The van der Waals surface area contributed by atoms with Crippen LogP contribution in [0.4, 0.5) is 5.69 Å². The molecule has 0 saturated carbocycles. The van der Waals surface area contributed by atoms with Crippen LogP contribution in [-0.4, -0.2) is 4.98 Å². The van der Waals surface area contributed by atoms with Gasteiger partial charge in [0, 0.05) is 27.9 Å². The van der Waals surface area contributed by atoms with Crippen LogP contribution in [0.5, 0.6) is 0 Å². The minimum atomic E-state index is 0.153. The fraction of sp³-hybridized carbons (Fsp3) is 0.0526. The molecule has 1 aliphatic carbocycles. The Morgan fingerprint density at radius 2 is 1.81 bits per heavy atom. The molecule has 2 heteroatoms. The highest BCUT2D eigenvalue weighted by molar-refractivity contribution is 5.94. The average molecular weight is 268 g/mol. The molecule has 0 amide bonds. The number of anilines is 1. The first-order chi connectivity index (χ1) is 10.4. The lowest BCUT2D eigenvalue weighted by molar-refractivity contribution is 1.12. The van der Waals surface area contributed by atoms with Gasteiger partial charge in [-0.1, -0.05) is 42.3 Å². The van der Waals surface area contributed by atoms with Gasteiger partial charge in [0.05, 0.1) is 11.6 Å². The van der Waals surface area contributed by atoms with Gasteiger partial charge in [-0.3, -0.25) is 0 Å². The fourth-order valence-electron chi connectivity index (χ4n) is 3.24. The van der Waals surface area contributed by atoms with E-state index < -0.39 is 0 Å². The fourth-order valence-corrected chi connectivity index (χ4v) is 3.24. The number of benzene rings is 2. The molecular weight excluding hydrogens is 256 g/mol. The molecule has 2 aliphatic rings. The van der Waals surface area contributed by atoms with Gasteiger partial charge >= 0.3 is 0 Å². The third-order valence-electron chi connectivity index (χ3n) is 4.25. The summed E-state index contributed by atoms with van der Waals surface area (Å²) in [6.45, 7) is 0. The lowest BCUT2D eigenvalue weighted by atomic mass is 9.99. The Labute approximate surface area is 122 Å². The molecule has 2 nitrogen and oxygen atoms in total. The van der Waals surface area contributed by atoms with Crippen LogP contribution < -0.4 is 5.32 Å². The highest BCUT2D eigenvalue weighted by Crippen LogP contribution is 2.40. The van der Waals surface area contributed by atoms with Gasteiger partial charge in [-0.25, -0.2) is 0 Å². The normalized spacial score (nSPS) is 17.7. The predicted octanol–water partition coefficient (Wildman–Crippen LogP) is 4.08.